The molecule has 2 rings (SSSR count). The summed E-state index contributed by atoms with van der Waals surface area (Å²) in [7, 11) is 2.06. The van der Waals surface area contributed by atoms with Crippen molar-refractivity contribution >= 4 is 0 Å². The lowest BCUT2D eigenvalue weighted by Gasteiger charge is -2.33. The quantitative estimate of drug-likeness (QED) is 0.849. The van der Waals surface area contributed by atoms with E-state index in [2.05, 4.69) is 28.4 Å². The van der Waals surface area contributed by atoms with Crippen molar-refractivity contribution in [3.63, 3.8) is 0 Å². The minimum absolute atomic E-state index is 0.353. The lowest BCUT2D eigenvalue weighted by atomic mass is 9.91. The zero-order valence-electron chi connectivity index (χ0n) is 11.0. The third-order valence-corrected chi connectivity index (χ3v) is 3.95. The van der Waals surface area contributed by atoms with Gasteiger partial charge in [-0.2, -0.15) is 0 Å². The summed E-state index contributed by atoms with van der Waals surface area (Å²) in [6.07, 6.45) is 7.43. The third-order valence-electron chi connectivity index (χ3n) is 3.95. The Morgan fingerprint density at radius 2 is 2.18 bits per heavy atom. The Balaban J connectivity index is 1.74. The van der Waals surface area contributed by atoms with Crippen LogP contribution in [-0.2, 0) is 13.5 Å². The van der Waals surface area contributed by atoms with Crippen LogP contribution < -0.4 is 5.73 Å². The van der Waals surface area contributed by atoms with Crippen molar-refractivity contribution in [1.82, 2.24) is 14.5 Å². The molecule has 0 aliphatic carbocycles. The molecule has 1 fully saturated rings. The van der Waals surface area contributed by atoms with Crippen LogP contribution in [0.1, 0.15) is 25.6 Å². The van der Waals surface area contributed by atoms with Crippen LogP contribution in [0.15, 0.2) is 12.4 Å². The molecule has 0 amide bonds. The molecule has 2 heterocycles. The second kappa shape index (κ2) is 5.65. The molecule has 1 aromatic rings. The number of rotatable bonds is 4. The van der Waals surface area contributed by atoms with Crippen LogP contribution in [0.5, 0.6) is 0 Å². The van der Waals surface area contributed by atoms with Crippen molar-refractivity contribution < 1.29 is 0 Å². The fourth-order valence-electron chi connectivity index (χ4n) is 2.60. The lowest BCUT2D eigenvalue weighted by molar-refractivity contribution is 0.173. The fourth-order valence-corrected chi connectivity index (χ4v) is 2.60. The van der Waals surface area contributed by atoms with Crippen molar-refractivity contribution in [3.8, 4) is 0 Å². The first-order valence-electron chi connectivity index (χ1n) is 6.61. The van der Waals surface area contributed by atoms with Crippen LogP contribution in [0, 0.1) is 5.92 Å². The molecule has 0 spiro atoms. The molecular weight excluding hydrogens is 212 g/mol. The molecule has 1 saturated heterocycles. The molecule has 1 aliphatic rings. The first kappa shape index (κ1) is 12.6. The highest BCUT2D eigenvalue weighted by Crippen LogP contribution is 2.19. The van der Waals surface area contributed by atoms with Crippen molar-refractivity contribution in [1.29, 1.82) is 0 Å². The van der Waals surface area contributed by atoms with E-state index in [0.29, 0.717) is 6.04 Å². The van der Waals surface area contributed by atoms with E-state index in [1.54, 1.807) is 0 Å². The zero-order valence-corrected chi connectivity index (χ0v) is 11.0. The van der Waals surface area contributed by atoms with Gasteiger partial charge in [0, 0.05) is 38.4 Å². The summed E-state index contributed by atoms with van der Waals surface area (Å²) in [5.41, 5.74) is 5.95. The van der Waals surface area contributed by atoms with E-state index >= 15 is 0 Å². The third kappa shape index (κ3) is 3.30. The SMILES string of the molecule is CC(N)C1CCN(CCc2nccn2C)CC1. The van der Waals surface area contributed by atoms with E-state index in [1.165, 1.54) is 31.8 Å². The van der Waals surface area contributed by atoms with Gasteiger partial charge in [-0.25, -0.2) is 4.98 Å². The average Bonchev–Trinajstić information content (AvgIpc) is 2.73. The molecule has 1 atom stereocenters. The second-order valence-corrected chi connectivity index (χ2v) is 5.24. The van der Waals surface area contributed by atoms with Gasteiger partial charge >= 0.3 is 0 Å². The Morgan fingerprint density at radius 3 is 2.71 bits per heavy atom. The zero-order chi connectivity index (χ0) is 12.3. The minimum Gasteiger partial charge on any atom is -0.338 e. The lowest BCUT2D eigenvalue weighted by Crippen LogP contribution is -2.40. The first-order valence-corrected chi connectivity index (χ1v) is 6.61. The van der Waals surface area contributed by atoms with Gasteiger partial charge < -0.3 is 15.2 Å². The maximum absolute atomic E-state index is 5.95. The molecule has 0 aromatic carbocycles. The molecule has 4 heteroatoms. The van der Waals surface area contributed by atoms with E-state index in [1.807, 2.05) is 12.4 Å². The van der Waals surface area contributed by atoms with Crippen molar-refractivity contribution in [2.45, 2.75) is 32.2 Å². The van der Waals surface area contributed by atoms with Crippen LogP contribution in [-0.4, -0.2) is 40.1 Å². The Bertz CT molecular complexity index is 337. The van der Waals surface area contributed by atoms with Gasteiger partial charge in [0.1, 0.15) is 5.82 Å². The van der Waals surface area contributed by atoms with Gasteiger partial charge in [0.05, 0.1) is 0 Å². The summed E-state index contributed by atoms with van der Waals surface area (Å²) in [6, 6.07) is 0.353. The van der Waals surface area contributed by atoms with Gasteiger partial charge in [0.2, 0.25) is 0 Å². The number of piperidine rings is 1. The molecule has 17 heavy (non-hydrogen) atoms. The second-order valence-electron chi connectivity index (χ2n) is 5.24. The highest BCUT2D eigenvalue weighted by molar-refractivity contribution is 4.92. The number of aryl methyl sites for hydroxylation is 1. The van der Waals surface area contributed by atoms with Crippen LogP contribution >= 0.6 is 0 Å². The number of hydrogen-bond acceptors (Lipinski definition) is 3. The van der Waals surface area contributed by atoms with Gasteiger partial charge in [0.25, 0.3) is 0 Å². The number of aromatic nitrogens is 2. The summed E-state index contributed by atoms with van der Waals surface area (Å²) in [5, 5.41) is 0. The molecule has 96 valence electrons. The summed E-state index contributed by atoms with van der Waals surface area (Å²) in [5.74, 6) is 1.90. The maximum Gasteiger partial charge on any atom is 0.109 e. The predicted octanol–water partition coefficient (Wildman–Crippen LogP) is 1.02. The van der Waals surface area contributed by atoms with Crippen molar-refractivity contribution in [3.05, 3.63) is 18.2 Å². The van der Waals surface area contributed by atoms with Gasteiger partial charge in [-0.15, -0.1) is 0 Å². The normalized spacial score (nSPS) is 20.6. The highest BCUT2D eigenvalue weighted by Gasteiger charge is 2.21. The van der Waals surface area contributed by atoms with Crippen LogP contribution in [0.2, 0.25) is 0 Å². The van der Waals surface area contributed by atoms with Gasteiger partial charge in [-0.3, -0.25) is 0 Å². The summed E-state index contributed by atoms with van der Waals surface area (Å²) in [4.78, 5) is 6.89. The Labute approximate surface area is 104 Å². The minimum atomic E-state index is 0.353. The molecule has 4 nitrogen and oxygen atoms in total. The largest absolute Gasteiger partial charge is 0.338 e. The molecular formula is C13H24N4. The van der Waals surface area contributed by atoms with E-state index in [9.17, 15) is 0 Å². The van der Waals surface area contributed by atoms with Gasteiger partial charge in [-0.1, -0.05) is 0 Å². The Hall–Kier alpha value is -0.870. The Morgan fingerprint density at radius 1 is 1.47 bits per heavy atom. The van der Waals surface area contributed by atoms with E-state index in [0.717, 1.165) is 18.9 Å². The molecule has 1 aliphatic heterocycles. The summed E-state index contributed by atoms with van der Waals surface area (Å²) < 4.78 is 2.11. The van der Waals surface area contributed by atoms with Crippen molar-refractivity contribution in [2.24, 2.45) is 18.7 Å². The fraction of sp³-hybridized carbons (Fsp3) is 0.769. The van der Waals surface area contributed by atoms with Gasteiger partial charge in [0.15, 0.2) is 0 Å². The first-order chi connectivity index (χ1) is 8.16. The van der Waals surface area contributed by atoms with Crippen molar-refractivity contribution in [2.75, 3.05) is 19.6 Å². The molecule has 1 aromatic heterocycles. The highest BCUT2D eigenvalue weighted by atomic mass is 15.1. The smallest absolute Gasteiger partial charge is 0.109 e. The maximum atomic E-state index is 5.95. The number of nitrogens with zero attached hydrogens (tertiary/aromatic N) is 3. The standard InChI is InChI=1S/C13H24N4/c1-11(14)12-3-7-17(8-4-12)9-5-13-15-6-10-16(13)2/h6,10-12H,3-5,7-9,14H2,1-2H3. The Kier molecular flexibility index (Phi) is 4.18. The van der Waals surface area contributed by atoms with E-state index < -0.39 is 0 Å². The number of imidazole rings is 1. The molecule has 2 N–H and O–H groups in total. The summed E-state index contributed by atoms with van der Waals surface area (Å²) in [6.45, 7) is 5.64. The number of hydrogen-bond donors (Lipinski definition) is 1. The number of likely N-dealkylation sites (tertiary alicyclic amines) is 1. The number of nitrogens with two attached hydrogens (primary N) is 1. The monoisotopic (exact) mass is 236 g/mol. The molecule has 1 unspecified atom stereocenters. The topological polar surface area (TPSA) is 47.1 Å². The van der Waals surface area contributed by atoms with Crippen LogP contribution in [0.25, 0.3) is 0 Å². The van der Waals surface area contributed by atoms with E-state index in [-0.39, 0.29) is 0 Å². The van der Waals surface area contributed by atoms with Gasteiger partial charge in [-0.05, 0) is 38.8 Å². The molecule has 0 bridgehead atoms. The van der Waals surface area contributed by atoms with Crippen LogP contribution in [0.4, 0.5) is 0 Å². The molecule has 0 radical (unpaired) electrons. The average molecular weight is 236 g/mol. The molecule has 0 saturated carbocycles. The predicted molar refractivity (Wildman–Crippen MR) is 69.7 cm³/mol. The summed E-state index contributed by atoms with van der Waals surface area (Å²) >= 11 is 0. The van der Waals surface area contributed by atoms with Crippen LogP contribution in [0.3, 0.4) is 0 Å². The van der Waals surface area contributed by atoms with E-state index in [4.69, 9.17) is 5.73 Å².